The van der Waals surface area contributed by atoms with Crippen molar-refractivity contribution in [1.29, 1.82) is 0 Å². The molecule has 0 N–H and O–H groups in total. The van der Waals surface area contributed by atoms with Gasteiger partial charge in [-0.3, -0.25) is 0 Å². The summed E-state index contributed by atoms with van der Waals surface area (Å²) in [5.74, 6) is 0.811. The first-order chi connectivity index (χ1) is 7.78. The third-order valence-corrected chi connectivity index (χ3v) is 3.84. The van der Waals surface area contributed by atoms with Gasteiger partial charge in [-0.05, 0) is 37.3 Å². The Morgan fingerprint density at radius 2 is 2.38 bits per heavy atom. The summed E-state index contributed by atoms with van der Waals surface area (Å²) in [5, 5.41) is 0.784. The van der Waals surface area contributed by atoms with Crippen molar-refractivity contribution in [3.63, 3.8) is 0 Å². The van der Waals surface area contributed by atoms with E-state index < -0.39 is 0 Å². The van der Waals surface area contributed by atoms with Crippen LogP contribution in [0.15, 0.2) is 18.3 Å². The smallest absolute Gasteiger partial charge is 0.137 e. The molecule has 0 saturated heterocycles. The third kappa shape index (κ3) is 1.52. The highest BCUT2D eigenvalue weighted by molar-refractivity contribution is 6.30. The lowest BCUT2D eigenvalue weighted by atomic mass is 9.88. The number of aromatic nitrogens is 2. The Bertz CT molecular complexity index is 530. The number of halogens is 1. The molecule has 3 rings (SSSR count). The van der Waals surface area contributed by atoms with Crippen LogP contribution < -0.4 is 0 Å². The minimum absolute atomic E-state index is 0.784. The molecule has 1 unspecified atom stereocenters. The fourth-order valence-electron chi connectivity index (χ4n) is 2.60. The highest BCUT2D eigenvalue weighted by Gasteiger charge is 2.21. The van der Waals surface area contributed by atoms with E-state index in [0.29, 0.717) is 0 Å². The van der Waals surface area contributed by atoms with E-state index in [1.54, 1.807) is 0 Å². The van der Waals surface area contributed by atoms with E-state index >= 15 is 0 Å². The van der Waals surface area contributed by atoms with Gasteiger partial charge in [-0.2, -0.15) is 0 Å². The Labute approximate surface area is 100 Å². The van der Waals surface area contributed by atoms with Crippen LogP contribution in [0.5, 0.6) is 0 Å². The maximum Gasteiger partial charge on any atom is 0.137 e. The standard InChI is InChI=1S/C13H15ClN2/c1-2-9-3-5-11-12(7-9)16-8-10(14)4-6-13(16)15-11/h4,6,8-9H,2-3,5,7H2,1H3. The van der Waals surface area contributed by atoms with E-state index in [-0.39, 0.29) is 0 Å². The van der Waals surface area contributed by atoms with Crippen LogP contribution >= 0.6 is 11.6 Å². The second-order valence-corrected chi connectivity index (χ2v) is 5.03. The van der Waals surface area contributed by atoms with Crippen LogP contribution in [-0.2, 0) is 12.8 Å². The van der Waals surface area contributed by atoms with Gasteiger partial charge >= 0.3 is 0 Å². The van der Waals surface area contributed by atoms with Crippen LogP contribution in [0.2, 0.25) is 5.02 Å². The fourth-order valence-corrected chi connectivity index (χ4v) is 2.76. The van der Waals surface area contributed by atoms with Gasteiger partial charge in [-0.1, -0.05) is 24.9 Å². The first-order valence-corrected chi connectivity index (χ1v) is 6.31. The molecule has 1 aliphatic rings. The molecule has 84 valence electrons. The fraction of sp³-hybridized carbons (Fsp3) is 0.462. The van der Waals surface area contributed by atoms with Crippen molar-refractivity contribution >= 4 is 17.2 Å². The van der Waals surface area contributed by atoms with Crippen LogP contribution in [0.4, 0.5) is 0 Å². The van der Waals surface area contributed by atoms with Crippen LogP contribution in [0.1, 0.15) is 31.2 Å². The normalized spacial score (nSPS) is 20.0. The summed E-state index contributed by atoms with van der Waals surface area (Å²) in [5.41, 5.74) is 3.67. The molecule has 0 aliphatic heterocycles. The van der Waals surface area contributed by atoms with E-state index in [4.69, 9.17) is 11.6 Å². The third-order valence-electron chi connectivity index (χ3n) is 3.61. The van der Waals surface area contributed by atoms with Gasteiger partial charge in [0.25, 0.3) is 0 Å². The predicted octanol–water partition coefficient (Wildman–Crippen LogP) is 3.50. The average molecular weight is 235 g/mol. The SMILES string of the molecule is CCC1CCc2nc3ccc(Cl)cn3c2C1. The predicted molar refractivity (Wildman–Crippen MR) is 66.0 cm³/mol. The minimum Gasteiger partial charge on any atom is -0.302 e. The van der Waals surface area contributed by atoms with Crippen molar-refractivity contribution in [3.8, 4) is 0 Å². The topological polar surface area (TPSA) is 17.3 Å². The highest BCUT2D eigenvalue weighted by atomic mass is 35.5. The Morgan fingerprint density at radius 1 is 1.50 bits per heavy atom. The molecule has 0 radical (unpaired) electrons. The lowest BCUT2D eigenvalue weighted by molar-refractivity contribution is 0.435. The number of aryl methyl sites for hydroxylation is 1. The van der Waals surface area contributed by atoms with Crippen LogP contribution in [0.3, 0.4) is 0 Å². The lowest BCUT2D eigenvalue weighted by Gasteiger charge is -2.20. The summed E-state index contributed by atoms with van der Waals surface area (Å²) in [4.78, 5) is 4.67. The number of fused-ring (bicyclic) bond motifs is 3. The van der Waals surface area contributed by atoms with Crippen LogP contribution in [0, 0.1) is 5.92 Å². The molecule has 3 heteroatoms. The summed E-state index contributed by atoms with van der Waals surface area (Å²) in [6, 6.07) is 3.91. The molecule has 2 heterocycles. The molecule has 2 aromatic rings. The molecule has 0 saturated carbocycles. The Balaban J connectivity index is 2.15. The van der Waals surface area contributed by atoms with Crippen molar-refractivity contribution in [2.45, 2.75) is 32.6 Å². The molecule has 0 spiro atoms. The average Bonchev–Trinajstić information content (AvgIpc) is 2.66. The largest absolute Gasteiger partial charge is 0.302 e. The molecule has 0 bridgehead atoms. The van der Waals surface area contributed by atoms with Gasteiger partial charge in [-0.15, -0.1) is 0 Å². The van der Waals surface area contributed by atoms with Crippen molar-refractivity contribution in [2.24, 2.45) is 5.92 Å². The van der Waals surface area contributed by atoms with Gasteiger partial charge in [0.15, 0.2) is 0 Å². The molecule has 16 heavy (non-hydrogen) atoms. The maximum absolute atomic E-state index is 6.04. The monoisotopic (exact) mass is 234 g/mol. The molecule has 2 aromatic heterocycles. The van der Waals surface area contributed by atoms with Gasteiger partial charge < -0.3 is 4.40 Å². The number of hydrogen-bond donors (Lipinski definition) is 0. The molecular weight excluding hydrogens is 220 g/mol. The minimum atomic E-state index is 0.784. The van der Waals surface area contributed by atoms with Crippen molar-refractivity contribution in [3.05, 3.63) is 34.7 Å². The zero-order chi connectivity index (χ0) is 11.1. The summed E-state index contributed by atoms with van der Waals surface area (Å²) in [6.07, 6.45) is 6.79. The van der Waals surface area contributed by atoms with E-state index in [1.165, 1.54) is 24.2 Å². The molecule has 1 aliphatic carbocycles. The van der Waals surface area contributed by atoms with E-state index in [9.17, 15) is 0 Å². The molecular formula is C13H15ClN2. The molecule has 0 amide bonds. The second kappa shape index (κ2) is 3.77. The van der Waals surface area contributed by atoms with E-state index in [0.717, 1.165) is 29.4 Å². The first-order valence-electron chi connectivity index (χ1n) is 5.93. The zero-order valence-electron chi connectivity index (χ0n) is 9.41. The van der Waals surface area contributed by atoms with Gasteiger partial charge in [0.2, 0.25) is 0 Å². The molecule has 0 fully saturated rings. The zero-order valence-corrected chi connectivity index (χ0v) is 10.2. The van der Waals surface area contributed by atoms with Gasteiger partial charge in [0.05, 0.1) is 10.7 Å². The molecule has 1 atom stereocenters. The summed E-state index contributed by atoms with van der Waals surface area (Å²) in [6.45, 7) is 2.27. The van der Waals surface area contributed by atoms with Crippen molar-refractivity contribution in [1.82, 2.24) is 9.38 Å². The lowest BCUT2D eigenvalue weighted by Crippen LogP contribution is -2.14. The number of pyridine rings is 1. The van der Waals surface area contributed by atoms with Gasteiger partial charge in [0, 0.05) is 11.9 Å². The van der Waals surface area contributed by atoms with E-state index in [1.807, 2.05) is 18.3 Å². The Morgan fingerprint density at radius 3 is 3.19 bits per heavy atom. The quantitative estimate of drug-likeness (QED) is 0.738. The number of imidazole rings is 1. The first kappa shape index (κ1) is 10.2. The second-order valence-electron chi connectivity index (χ2n) is 4.60. The molecule has 0 aromatic carbocycles. The van der Waals surface area contributed by atoms with Crippen molar-refractivity contribution in [2.75, 3.05) is 0 Å². The maximum atomic E-state index is 6.04. The van der Waals surface area contributed by atoms with Gasteiger partial charge in [0.1, 0.15) is 5.65 Å². The molecule has 2 nitrogen and oxygen atoms in total. The Kier molecular flexibility index (Phi) is 2.40. The van der Waals surface area contributed by atoms with E-state index in [2.05, 4.69) is 16.3 Å². The van der Waals surface area contributed by atoms with Gasteiger partial charge in [-0.25, -0.2) is 4.98 Å². The highest BCUT2D eigenvalue weighted by Crippen LogP contribution is 2.28. The summed E-state index contributed by atoms with van der Waals surface area (Å²) < 4.78 is 2.17. The summed E-state index contributed by atoms with van der Waals surface area (Å²) >= 11 is 6.04. The number of nitrogens with zero attached hydrogens (tertiary/aromatic N) is 2. The number of hydrogen-bond acceptors (Lipinski definition) is 1. The van der Waals surface area contributed by atoms with Crippen LogP contribution in [-0.4, -0.2) is 9.38 Å². The Hall–Kier alpha value is -1.02. The summed E-state index contributed by atoms with van der Waals surface area (Å²) in [7, 11) is 0. The van der Waals surface area contributed by atoms with Crippen molar-refractivity contribution < 1.29 is 0 Å². The number of rotatable bonds is 1. The van der Waals surface area contributed by atoms with Crippen LogP contribution in [0.25, 0.3) is 5.65 Å².